The van der Waals surface area contributed by atoms with Crippen molar-refractivity contribution in [3.63, 3.8) is 0 Å². The van der Waals surface area contributed by atoms with Crippen LogP contribution in [0.25, 0.3) is 0 Å². The number of anilines is 1. The number of rotatable bonds is 4. The maximum absolute atomic E-state index is 7.07. The zero-order valence-corrected chi connectivity index (χ0v) is 30.3. The molecule has 53 heavy (non-hydrogen) atoms. The Morgan fingerprint density at radius 1 is 0.623 bits per heavy atom. The Morgan fingerprint density at radius 2 is 1.45 bits per heavy atom. The minimum absolute atomic E-state index is 0.0238. The fraction of sp³-hybridized carbons (Fsp3) is 0.320. The molecule has 0 saturated carbocycles. The molecule has 3 heterocycles. The first-order valence-electron chi connectivity index (χ1n) is 20.2. The van der Waals surface area contributed by atoms with Crippen LogP contribution in [-0.4, -0.2) is 18.2 Å². The van der Waals surface area contributed by atoms with E-state index >= 15 is 0 Å². The average Bonchev–Trinajstić information content (AvgIpc) is 3.56. The van der Waals surface area contributed by atoms with E-state index in [9.17, 15) is 0 Å². The van der Waals surface area contributed by atoms with Crippen molar-refractivity contribution < 1.29 is 9.47 Å². The van der Waals surface area contributed by atoms with E-state index < -0.39 is 0 Å². The highest BCUT2D eigenvalue weighted by molar-refractivity contribution is 5.66. The standard InChI is InChI=1S/C50H47NO2/c1-3-15-32(16-4-1)35-22-13-27-45-47(35)49(38-20-8-11-25-43(38)52-45)50-39-21-9-12-26-44(39)53-46-28-14-23-36(48(46)50)33-29-30-42-40(31-33)37-19-7-10-24-41(37)51(42)34-17-5-2-6-18-34/h1-8,13-15,17-23,26-32,40,42,45-50H,9-12,16,24-25H2. The molecular weight excluding hydrogens is 647 g/mol. The largest absolute Gasteiger partial charge is 0.490 e. The van der Waals surface area contributed by atoms with Crippen molar-refractivity contribution in [2.45, 2.75) is 63.2 Å². The van der Waals surface area contributed by atoms with Gasteiger partial charge in [0.1, 0.15) is 23.7 Å². The molecule has 0 radical (unpaired) electrons. The molecule has 9 unspecified atom stereocenters. The maximum Gasteiger partial charge on any atom is 0.125 e. The first-order valence-corrected chi connectivity index (χ1v) is 20.2. The first kappa shape index (κ1) is 31.5. The second kappa shape index (κ2) is 12.8. The van der Waals surface area contributed by atoms with Crippen LogP contribution in [0.3, 0.4) is 0 Å². The lowest BCUT2D eigenvalue weighted by molar-refractivity contribution is 0.00497. The Balaban J connectivity index is 1.04. The third-order valence-electron chi connectivity index (χ3n) is 13.4. The molecule has 11 rings (SSSR count). The number of hydrogen-bond acceptors (Lipinski definition) is 3. The number of para-hydroxylation sites is 1. The highest BCUT2D eigenvalue weighted by atomic mass is 16.5. The van der Waals surface area contributed by atoms with Crippen molar-refractivity contribution in [1.29, 1.82) is 0 Å². The third kappa shape index (κ3) is 5.07. The van der Waals surface area contributed by atoms with Gasteiger partial charge in [0, 0.05) is 53.3 Å². The van der Waals surface area contributed by atoms with Crippen molar-refractivity contribution in [3.05, 3.63) is 196 Å². The molecule has 0 N–H and O–H groups in total. The van der Waals surface area contributed by atoms with E-state index in [1.165, 1.54) is 50.6 Å². The number of benzene rings is 1. The molecule has 9 atom stereocenters. The second-order valence-corrected chi connectivity index (χ2v) is 16.2. The molecule has 1 aromatic rings. The highest BCUT2D eigenvalue weighted by Crippen LogP contribution is 2.58. The highest BCUT2D eigenvalue weighted by Gasteiger charge is 2.54. The van der Waals surface area contributed by atoms with Gasteiger partial charge >= 0.3 is 0 Å². The fourth-order valence-electron chi connectivity index (χ4n) is 11.3. The van der Waals surface area contributed by atoms with Gasteiger partial charge in [0.05, 0.1) is 6.04 Å². The molecule has 0 spiro atoms. The first-order chi connectivity index (χ1) is 26.3. The van der Waals surface area contributed by atoms with Crippen LogP contribution in [0.4, 0.5) is 5.69 Å². The van der Waals surface area contributed by atoms with Crippen LogP contribution in [0.2, 0.25) is 0 Å². The van der Waals surface area contributed by atoms with E-state index in [0.29, 0.717) is 11.8 Å². The van der Waals surface area contributed by atoms with Gasteiger partial charge in [-0.1, -0.05) is 121 Å². The molecule has 10 aliphatic rings. The molecule has 3 nitrogen and oxygen atoms in total. The summed E-state index contributed by atoms with van der Waals surface area (Å²) in [4.78, 5) is 2.62. The number of allylic oxidation sites excluding steroid dienone is 20. The molecule has 264 valence electrons. The Bertz CT molecular complexity index is 2170. The maximum atomic E-state index is 7.07. The number of nitrogens with zero attached hydrogens (tertiary/aromatic N) is 1. The van der Waals surface area contributed by atoms with Gasteiger partial charge in [-0.25, -0.2) is 0 Å². The summed E-state index contributed by atoms with van der Waals surface area (Å²) in [6.45, 7) is 0. The van der Waals surface area contributed by atoms with Gasteiger partial charge in [0.2, 0.25) is 0 Å². The van der Waals surface area contributed by atoms with Gasteiger partial charge in [0.25, 0.3) is 0 Å². The molecule has 7 aliphatic carbocycles. The summed E-state index contributed by atoms with van der Waals surface area (Å²) in [7, 11) is 0. The number of fused-ring (bicyclic) bond motifs is 5. The van der Waals surface area contributed by atoms with Crippen LogP contribution >= 0.6 is 0 Å². The minimum atomic E-state index is -0.0238. The SMILES string of the molecule is C1=CCC(C2=CC=CC3OC4=C(C=CCC4)C(C4C5=CCCC=C5OC5C=CC=C(C6=CC7C8=C(CCC=C8)N(c8ccccc8)C7C=C6)C54)C23)C=C1. The van der Waals surface area contributed by atoms with E-state index in [-0.39, 0.29) is 41.9 Å². The topological polar surface area (TPSA) is 21.7 Å². The predicted molar refractivity (Wildman–Crippen MR) is 214 cm³/mol. The van der Waals surface area contributed by atoms with E-state index in [1.807, 2.05) is 0 Å². The summed E-state index contributed by atoms with van der Waals surface area (Å²) in [6, 6.07) is 11.3. The van der Waals surface area contributed by atoms with Crippen molar-refractivity contribution in [1.82, 2.24) is 0 Å². The number of ether oxygens (including phenoxy) is 2. The van der Waals surface area contributed by atoms with Crippen LogP contribution in [0.1, 0.15) is 44.9 Å². The van der Waals surface area contributed by atoms with Crippen molar-refractivity contribution in [2.24, 2.45) is 35.5 Å². The molecule has 1 saturated heterocycles. The summed E-state index contributed by atoms with van der Waals surface area (Å²) in [5.74, 6) is 3.96. The third-order valence-corrected chi connectivity index (χ3v) is 13.4. The van der Waals surface area contributed by atoms with Gasteiger partial charge in [-0.2, -0.15) is 0 Å². The van der Waals surface area contributed by atoms with Gasteiger partial charge in [0.15, 0.2) is 0 Å². The summed E-state index contributed by atoms with van der Waals surface area (Å²) in [5, 5.41) is 0. The second-order valence-electron chi connectivity index (χ2n) is 16.2. The van der Waals surface area contributed by atoms with Crippen LogP contribution in [0.15, 0.2) is 196 Å². The van der Waals surface area contributed by atoms with Crippen LogP contribution < -0.4 is 4.90 Å². The summed E-state index contributed by atoms with van der Waals surface area (Å²) in [6.07, 6.45) is 52.8. The summed E-state index contributed by atoms with van der Waals surface area (Å²) < 4.78 is 14.1. The monoisotopic (exact) mass is 693 g/mol. The van der Waals surface area contributed by atoms with E-state index in [0.717, 1.165) is 50.7 Å². The Kier molecular flexibility index (Phi) is 7.63. The lowest BCUT2D eigenvalue weighted by atomic mass is 9.56. The van der Waals surface area contributed by atoms with Gasteiger partial charge < -0.3 is 14.4 Å². The lowest BCUT2D eigenvalue weighted by Crippen LogP contribution is -2.49. The van der Waals surface area contributed by atoms with Crippen molar-refractivity contribution >= 4 is 5.69 Å². The van der Waals surface area contributed by atoms with E-state index in [4.69, 9.17) is 9.47 Å². The number of hydrogen-bond donors (Lipinski definition) is 0. The quantitative estimate of drug-likeness (QED) is 0.313. The van der Waals surface area contributed by atoms with Crippen molar-refractivity contribution in [3.8, 4) is 0 Å². The summed E-state index contributed by atoms with van der Waals surface area (Å²) in [5.41, 5.74) is 11.4. The molecule has 1 aromatic carbocycles. The smallest absolute Gasteiger partial charge is 0.125 e. The van der Waals surface area contributed by atoms with Gasteiger partial charge in [-0.3, -0.25) is 0 Å². The zero-order chi connectivity index (χ0) is 34.9. The molecular formula is C50H47NO2. The molecule has 0 aromatic heterocycles. The van der Waals surface area contributed by atoms with Gasteiger partial charge in [-0.05, 0) is 96.8 Å². The molecule has 1 fully saturated rings. The van der Waals surface area contributed by atoms with E-state index in [2.05, 4.69) is 151 Å². The van der Waals surface area contributed by atoms with Crippen molar-refractivity contribution in [2.75, 3.05) is 4.90 Å². The Morgan fingerprint density at radius 3 is 2.34 bits per heavy atom. The van der Waals surface area contributed by atoms with Gasteiger partial charge in [-0.15, -0.1) is 0 Å². The molecule has 0 bridgehead atoms. The lowest BCUT2D eigenvalue weighted by Gasteiger charge is -2.53. The van der Waals surface area contributed by atoms with Crippen LogP contribution in [-0.2, 0) is 9.47 Å². The van der Waals surface area contributed by atoms with E-state index in [1.54, 1.807) is 0 Å². The van der Waals surface area contributed by atoms with Crippen LogP contribution in [0.5, 0.6) is 0 Å². The normalized spacial score (nSPS) is 35.7. The average molecular weight is 694 g/mol. The Hall–Kier alpha value is -5.02. The predicted octanol–water partition coefficient (Wildman–Crippen LogP) is 11.2. The molecule has 3 aliphatic heterocycles. The molecule has 3 heteroatoms. The molecule has 0 amide bonds. The summed E-state index contributed by atoms with van der Waals surface area (Å²) >= 11 is 0. The fourth-order valence-corrected chi connectivity index (χ4v) is 11.3. The zero-order valence-electron chi connectivity index (χ0n) is 30.3. The van der Waals surface area contributed by atoms with Crippen LogP contribution in [0, 0.1) is 35.5 Å². The minimum Gasteiger partial charge on any atom is -0.490 e. The Labute approximate surface area is 314 Å².